The molecule has 1 saturated heterocycles. The molecule has 0 unspecified atom stereocenters. The van der Waals surface area contributed by atoms with Crippen molar-refractivity contribution in [1.82, 2.24) is 29.8 Å². The number of rotatable bonds is 8. The molecule has 1 aliphatic rings. The molecular formula is C23H28N6O4S. The Kier molecular flexibility index (Phi) is 7.35. The van der Waals surface area contributed by atoms with Gasteiger partial charge in [0.05, 0.1) is 18.1 Å². The van der Waals surface area contributed by atoms with E-state index in [9.17, 15) is 13.2 Å². The van der Waals surface area contributed by atoms with Gasteiger partial charge >= 0.3 is 0 Å². The number of ether oxygens (including phenoxy) is 1. The molecule has 2 heterocycles. The quantitative estimate of drug-likeness (QED) is 0.518. The number of nitrogens with one attached hydrogen (secondary N) is 1. The second-order valence-corrected chi connectivity index (χ2v) is 10.3. The standard InChI is InChI=1S/C23H28N6O4S/c1-17(2)19-5-7-20(8-6-19)23-25-27-29(26-23)16-22(30)24-15-18-3-9-21(10-4-18)34(31,32)28-11-13-33-14-12-28/h3-10,17H,11-16H2,1-2H3,(H,24,30). The first kappa shape index (κ1) is 24.0. The van der Waals surface area contributed by atoms with Crippen LogP contribution in [0, 0.1) is 0 Å². The van der Waals surface area contributed by atoms with Gasteiger partial charge in [0.15, 0.2) is 0 Å². The second kappa shape index (κ2) is 10.4. The van der Waals surface area contributed by atoms with Gasteiger partial charge in [0.1, 0.15) is 6.54 Å². The van der Waals surface area contributed by atoms with Gasteiger partial charge in [0.2, 0.25) is 21.8 Å². The third-order valence-corrected chi connectivity index (χ3v) is 7.51. The third-order valence-electron chi connectivity index (χ3n) is 5.59. The molecule has 180 valence electrons. The Balaban J connectivity index is 1.30. The summed E-state index contributed by atoms with van der Waals surface area (Å²) in [7, 11) is -3.54. The smallest absolute Gasteiger partial charge is 0.243 e. The number of tetrazole rings is 1. The molecule has 0 aliphatic carbocycles. The van der Waals surface area contributed by atoms with Gasteiger partial charge < -0.3 is 10.1 Å². The number of hydrogen-bond donors (Lipinski definition) is 1. The van der Waals surface area contributed by atoms with Crippen LogP contribution < -0.4 is 5.32 Å². The lowest BCUT2D eigenvalue weighted by molar-refractivity contribution is -0.122. The van der Waals surface area contributed by atoms with Gasteiger partial charge in [-0.3, -0.25) is 4.79 Å². The SMILES string of the molecule is CC(C)c1ccc(-c2nnn(CC(=O)NCc3ccc(S(=O)(=O)N4CCOCC4)cc3)n2)cc1. The van der Waals surface area contributed by atoms with Crippen LogP contribution in [0.25, 0.3) is 11.4 Å². The molecular weight excluding hydrogens is 456 g/mol. The molecule has 34 heavy (non-hydrogen) atoms. The van der Waals surface area contributed by atoms with Crippen LogP contribution in [0.1, 0.15) is 30.9 Å². The van der Waals surface area contributed by atoms with Crippen molar-refractivity contribution in [2.75, 3.05) is 26.3 Å². The van der Waals surface area contributed by atoms with Crippen LogP contribution in [0.15, 0.2) is 53.4 Å². The van der Waals surface area contributed by atoms with E-state index in [-0.39, 0.29) is 23.9 Å². The summed E-state index contributed by atoms with van der Waals surface area (Å²) < 4.78 is 32.0. The van der Waals surface area contributed by atoms with Crippen LogP contribution in [-0.4, -0.2) is 65.1 Å². The van der Waals surface area contributed by atoms with Gasteiger partial charge in [0.25, 0.3) is 0 Å². The first-order chi connectivity index (χ1) is 16.3. The maximum atomic E-state index is 12.7. The van der Waals surface area contributed by atoms with Crippen molar-refractivity contribution < 1.29 is 17.9 Å². The van der Waals surface area contributed by atoms with Crippen molar-refractivity contribution in [3.05, 3.63) is 59.7 Å². The molecule has 1 N–H and O–H groups in total. The lowest BCUT2D eigenvalue weighted by Crippen LogP contribution is -2.40. The van der Waals surface area contributed by atoms with Crippen molar-refractivity contribution in [1.29, 1.82) is 0 Å². The Labute approximate surface area is 199 Å². The first-order valence-corrected chi connectivity index (χ1v) is 12.6. The van der Waals surface area contributed by atoms with Crippen molar-refractivity contribution in [3.8, 4) is 11.4 Å². The number of amides is 1. The van der Waals surface area contributed by atoms with Gasteiger partial charge in [-0.25, -0.2) is 8.42 Å². The number of hydrogen-bond acceptors (Lipinski definition) is 7. The fourth-order valence-electron chi connectivity index (χ4n) is 3.54. The molecule has 1 fully saturated rings. The number of benzene rings is 2. The summed E-state index contributed by atoms with van der Waals surface area (Å²) in [6, 6.07) is 14.5. The van der Waals surface area contributed by atoms with Gasteiger partial charge in [0, 0.05) is 25.2 Å². The lowest BCUT2D eigenvalue weighted by atomic mass is 10.0. The zero-order valence-electron chi connectivity index (χ0n) is 19.2. The highest BCUT2D eigenvalue weighted by Crippen LogP contribution is 2.20. The average molecular weight is 485 g/mol. The minimum Gasteiger partial charge on any atom is -0.379 e. The predicted molar refractivity (Wildman–Crippen MR) is 125 cm³/mol. The number of nitrogens with zero attached hydrogens (tertiary/aromatic N) is 5. The maximum absolute atomic E-state index is 12.7. The molecule has 4 rings (SSSR count). The van der Waals surface area contributed by atoms with Crippen molar-refractivity contribution >= 4 is 15.9 Å². The lowest BCUT2D eigenvalue weighted by Gasteiger charge is -2.26. The summed E-state index contributed by atoms with van der Waals surface area (Å²) in [4.78, 5) is 13.8. The fourth-order valence-corrected chi connectivity index (χ4v) is 4.95. The van der Waals surface area contributed by atoms with Crippen LogP contribution in [0.2, 0.25) is 0 Å². The van der Waals surface area contributed by atoms with Crippen LogP contribution in [0.3, 0.4) is 0 Å². The number of sulfonamides is 1. The average Bonchev–Trinajstić information content (AvgIpc) is 3.32. The topological polar surface area (TPSA) is 119 Å². The summed E-state index contributed by atoms with van der Waals surface area (Å²) in [5, 5.41) is 15.1. The molecule has 1 aromatic heterocycles. The number of morpholine rings is 1. The predicted octanol–water partition coefficient (Wildman–Crippen LogP) is 1.80. The molecule has 0 bridgehead atoms. The summed E-state index contributed by atoms with van der Waals surface area (Å²) in [5.41, 5.74) is 2.84. The highest BCUT2D eigenvalue weighted by molar-refractivity contribution is 7.89. The van der Waals surface area contributed by atoms with E-state index in [0.29, 0.717) is 38.0 Å². The van der Waals surface area contributed by atoms with Crippen LogP contribution in [0.4, 0.5) is 0 Å². The highest BCUT2D eigenvalue weighted by atomic mass is 32.2. The summed E-state index contributed by atoms with van der Waals surface area (Å²) >= 11 is 0. The Bertz CT molecular complexity index is 1220. The normalized spacial score (nSPS) is 14.9. The molecule has 0 saturated carbocycles. The van der Waals surface area contributed by atoms with Crippen LogP contribution >= 0.6 is 0 Å². The Morgan fingerprint density at radius 2 is 1.74 bits per heavy atom. The van der Waals surface area contributed by atoms with E-state index in [1.54, 1.807) is 24.3 Å². The third kappa shape index (κ3) is 5.66. The molecule has 11 heteroatoms. The monoisotopic (exact) mass is 484 g/mol. The molecule has 0 atom stereocenters. The van der Waals surface area contributed by atoms with Crippen molar-refractivity contribution in [2.45, 2.75) is 37.8 Å². The van der Waals surface area contributed by atoms with Gasteiger partial charge in [-0.15, -0.1) is 10.2 Å². The highest BCUT2D eigenvalue weighted by Gasteiger charge is 2.26. The second-order valence-electron chi connectivity index (χ2n) is 8.36. The Morgan fingerprint density at radius 1 is 1.06 bits per heavy atom. The molecule has 0 spiro atoms. The van der Waals surface area contributed by atoms with E-state index >= 15 is 0 Å². The number of carbonyl (C=O) groups excluding carboxylic acids is 1. The maximum Gasteiger partial charge on any atom is 0.243 e. The molecule has 2 aromatic carbocycles. The van der Waals surface area contributed by atoms with Gasteiger partial charge in [-0.05, 0) is 34.4 Å². The Hall–Kier alpha value is -3.15. The fraction of sp³-hybridized carbons (Fsp3) is 0.391. The minimum absolute atomic E-state index is 0.0689. The molecule has 10 nitrogen and oxygen atoms in total. The largest absolute Gasteiger partial charge is 0.379 e. The van der Waals surface area contributed by atoms with Gasteiger partial charge in [-0.2, -0.15) is 9.10 Å². The van der Waals surface area contributed by atoms with E-state index < -0.39 is 10.0 Å². The Morgan fingerprint density at radius 3 is 2.38 bits per heavy atom. The van der Waals surface area contributed by atoms with E-state index in [0.717, 1.165) is 11.1 Å². The molecule has 0 radical (unpaired) electrons. The number of aromatic nitrogens is 4. The molecule has 1 amide bonds. The van der Waals surface area contributed by atoms with Crippen LogP contribution in [-0.2, 0) is 32.6 Å². The van der Waals surface area contributed by atoms with E-state index in [2.05, 4.69) is 34.6 Å². The molecule has 3 aromatic rings. The van der Waals surface area contributed by atoms with E-state index in [1.165, 1.54) is 14.7 Å². The zero-order valence-corrected chi connectivity index (χ0v) is 20.0. The van der Waals surface area contributed by atoms with E-state index in [4.69, 9.17) is 4.74 Å². The van der Waals surface area contributed by atoms with Crippen molar-refractivity contribution in [2.24, 2.45) is 0 Å². The van der Waals surface area contributed by atoms with Crippen molar-refractivity contribution in [3.63, 3.8) is 0 Å². The van der Waals surface area contributed by atoms with Gasteiger partial charge in [-0.1, -0.05) is 50.2 Å². The zero-order chi connectivity index (χ0) is 24.1. The summed E-state index contributed by atoms with van der Waals surface area (Å²) in [5.74, 6) is 0.621. The van der Waals surface area contributed by atoms with Crippen LogP contribution in [0.5, 0.6) is 0 Å². The van der Waals surface area contributed by atoms with E-state index in [1.807, 2.05) is 24.3 Å². The number of carbonyl (C=O) groups is 1. The minimum atomic E-state index is -3.54. The molecule has 1 aliphatic heterocycles. The first-order valence-electron chi connectivity index (χ1n) is 11.1. The summed E-state index contributed by atoms with van der Waals surface area (Å²) in [6.07, 6.45) is 0. The summed E-state index contributed by atoms with van der Waals surface area (Å²) in [6.45, 7) is 5.94.